The Balaban J connectivity index is 1.30. The summed E-state index contributed by atoms with van der Waals surface area (Å²) in [6.07, 6.45) is 2.08. The molecule has 144 valence electrons. The number of aromatic amines is 2. The second-order valence-electron chi connectivity index (χ2n) is 6.16. The molecule has 0 fully saturated rings. The lowest BCUT2D eigenvalue weighted by Crippen LogP contribution is -2.20. The number of nitrogens with one attached hydrogen (secondary N) is 3. The maximum atomic E-state index is 12.3. The summed E-state index contributed by atoms with van der Waals surface area (Å²) in [4.78, 5) is 26.9. The van der Waals surface area contributed by atoms with E-state index in [1.807, 2.05) is 31.2 Å². The predicted octanol–water partition coefficient (Wildman–Crippen LogP) is 2.74. The molecule has 1 aromatic carbocycles. The molecule has 0 atom stereocenters. The zero-order valence-electron chi connectivity index (χ0n) is 15.2. The van der Waals surface area contributed by atoms with E-state index in [1.54, 1.807) is 29.4 Å². The number of para-hydroxylation sites is 1. The Bertz CT molecular complexity index is 1100. The summed E-state index contributed by atoms with van der Waals surface area (Å²) in [5, 5.41) is 12.1. The Morgan fingerprint density at radius 3 is 2.89 bits per heavy atom. The van der Waals surface area contributed by atoms with E-state index in [4.69, 9.17) is 0 Å². The molecule has 0 radical (unpaired) electrons. The Hall–Kier alpha value is -2.72. The Morgan fingerprint density at radius 1 is 1.21 bits per heavy atom. The normalized spacial score (nSPS) is 11.2. The van der Waals surface area contributed by atoms with Crippen LogP contribution in [-0.2, 0) is 12.2 Å². The molecule has 0 spiro atoms. The average Bonchev–Trinajstić information content (AvgIpc) is 3.29. The molecule has 0 saturated carbocycles. The highest BCUT2D eigenvalue weighted by atomic mass is 32.2. The number of imidazole rings is 1. The first-order chi connectivity index (χ1) is 13.7. The molecule has 0 aliphatic carbocycles. The van der Waals surface area contributed by atoms with Crippen LogP contribution in [0.1, 0.15) is 22.1 Å². The van der Waals surface area contributed by atoms with Gasteiger partial charge in [0.05, 0.1) is 22.2 Å². The molecule has 4 rings (SSSR count). The van der Waals surface area contributed by atoms with E-state index in [1.165, 1.54) is 0 Å². The van der Waals surface area contributed by atoms with Crippen LogP contribution in [0.3, 0.4) is 0 Å². The summed E-state index contributed by atoms with van der Waals surface area (Å²) in [5.74, 6) is 2.10. The molecule has 0 bridgehead atoms. The second kappa shape index (κ2) is 8.53. The van der Waals surface area contributed by atoms with Crippen LogP contribution < -0.4 is 10.9 Å². The monoisotopic (exact) mass is 413 g/mol. The van der Waals surface area contributed by atoms with Crippen LogP contribution in [0.25, 0.3) is 10.2 Å². The van der Waals surface area contributed by atoms with Crippen molar-refractivity contribution in [1.82, 2.24) is 30.1 Å². The van der Waals surface area contributed by atoms with Crippen LogP contribution >= 0.6 is 23.1 Å². The molecule has 0 amide bonds. The highest BCUT2D eigenvalue weighted by Crippen LogP contribution is 2.22. The van der Waals surface area contributed by atoms with Crippen LogP contribution in [0.4, 0.5) is 5.95 Å². The zero-order valence-corrected chi connectivity index (χ0v) is 16.9. The van der Waals surface area contributed by atoms with Gasteiger partial charge < -0.3 is 10.3 Å². The number of aryl methyl sites for hydroxylation is 1. The molecule has 4 aromatic rings. The molecular weight excluding hydrogens is 394 g/mol. The van der Waals surface area contributed by atoms with E-state index in [9.17, 15) is 4.79 Å². The van der Waals surface area contributed by atoms with Crippen LogP contribution in [0, 0.1) is 6.92 Å². The van der Waals surface area contributed by atoms with Crippen molar-refractivity contribution in [3.05, 3.63) is 63.0 Å². The molecule has 3 aromatic heterocycles. The summed E-state index contributed by atoms with van der Waals surface area (Å²) < 4.78 is 1.10. The minimum Gasteiger partial charge on any atom is -0.354 e. The fraction of sp³-hybridized carbons (Fsp3) is 0.278. The number of hydrogen-bond acceptors (Lipinski definition) is 8. The lowest BCUT2D eigenvalue weighted by Gasteiger charge is -2.05. The summed E-state index contributed by atoms with van der Waals surface area (Å²) in [6, 6.07) is 7.91. The van der Waals surface area contributed by atoms with E-state index >= 15 is 0 Å². The van der Waals surface area contributed by atoms with Gasteiger partial charge in [-0.05, 0) is 19.1 Å². The average molecular weight is 414 g/mol. The van der Waals surface area contributed by atoms with Crippen LogP contribution in [-0.4, -0.2) is 42.4 Å². The number of hydrogen-bond donors (Lipinski definition) is 3. The molecule has 10 heteroatoms. The van der Waals surface area contributed by atoms with Gasteiger partial charge in [0.15, 0.2) is 0 Å². The van der Waals surface area contributed by atoms with E-state index in [-0.39, 0.29) is 5.56 Å². The number of thiazole rings is 1. The fourth-order valence-electron chi connectivity index (χ4n) is 2.64. The van der Waals surface area contributed by atoms with Crippen molar-refractivity contribution in [3.63, 3.8) is 0 Å². The van der Waals surface area contributed by atoms with Crippen molar-refractivity contribution in [2.45, 2.75) is 19.1 Å². The largest absolute Gasteiger partial charge is 0.354 e. The topological polar surface area (TPSA) is 112 Å². The highest BCUT2D eigenvalue weighted by molar-refractivity contribution is 7.98. The van der Waals surface area contributed by atoms with Gasteiger partial charge in [-0.25, -0.2) is 9.97 Å². The number of benzene rings is 1. The van der Waals surface area contributed by atoms with E-state index in [0.717, 1.165) is 38.1 Å². The third-order valence-corrected chi connectivity index (χ3v) is 6.14. The van der Waals surface area contributed by atoms with Gasteiger partial charge in [0.1, 0.15) is 10.7 Å². The molecule has 3 N–H and O–H groups in total. The maximum Gasteiger partial charge on any atom is 0.274 e. The smallest absolute Gasteiger partial charge is 0.274 e. The molecule has 0 unspecified atom stereocenters. The SMILES string of the molecule is Cc1[nH]cnc1CSCCNc1nnc(Cc2nc3ccccc3s2)c(=O)[nH]1. The van der Waals surface area contributed by atoms with E-state index < -0.39 is 0 Å². The zero-order chi connectivity index (χ0) is 19.3. The molecule has 0 aliphatic heterocycles. The third kappa shape index (κ3) is 4.39. The van der Waals surface area contributed by atoms with Gasteiger partial charge in [-0.2, -0.15) is 11.8 Å². The number of aromatic nitrogens is 6. The van der Waals surface area contributed by atoms with Gasteiger partial charge in [0, 0.05) is 30.2 Å². The van der Waals surface area contributed by atoms with Crippen LogP contribution in [0.5, 0.6) is 0 Å². The third-order valence-electron chi connectivity index (χ3n) is 4.13. The van der Waals surface area contributed by atoms with Gasteiger partial charge in [-0.15, -0.1) is 21.5 Å². The van der Waals surface area contributed by atoms with Crippen molar-refractivity contribution in [2.24, 2.45) is 0 Å². The van der Waals surface area contributed by atoms with Gasteiger partial charge in [0.2, 0.25) is 5.95 Å². The number of nitrogens with zero attached hydrogens (tertiary/aromatic N) is 4. The summed E-state index contributed by atoms with van der Waals surface area (Å²) in [5.41, 5.74) is 3.23. The minimum absolute atomic E-state index is 0.239. The number of rotatable bonds is 8. The van der Waals surface area contributed by atoms with Gasteiger partial charge in [-0.1, -0.05) is 12.1 Å². The first-order valence-corrected chi connectivity index (χ1v) is 10.8. The molecule has 0 saturated heterocycles. The quantitative estimate of drug-likeness (QED) is 0.381. The van der Waals surface area contributed by atoms with Gasteiger partial charge in [0.25, 0.3) is 5.56 Å². The summed E-state index contributed by atoms with van der Waals surface area (Å²) in [6.45, 7) is 2.69. The lowest BCUT2D eigenvalue weighted by atomic mass is 10.3. The van der Waals surface area contributed by atoms with E-state index in [2.05, 4.69) is 35.5 Å². The van der Waals surface area contributed by atoms with Gasteiger partial charge in [-0.3, -0.25) is 9.78 Å². The van der Waals surface area contributed by atoms with Crippen molar-refractivity contribution in [1.29, 1.82) is 0 Å². The lowest BCUT2D eigenvalue weighted by molar-refractivity contribution is 0.862. The fourth-order valence-corrected chi connectivity index (χ4v) is 4.48. The first kappa shape index (κ1) is 18.6. The molecule has 0 aliphatic rings. The maximum absolute atomic E-state index is 12.3. The Morgan fingerprint density at radius 2 is 2.11 bits per heavy atom. The molecule has 3 heterocycles. The summed E-state index contributed by atoms with van der Waals surface area (Å²) >= 11 is 3.33. The van der Waals surface area contributed by atoms with Crippen molar-refractivity contribution in [2.75, 3.05) is 17.6 Å². The summed E-state index contributed by atoms with van der Waals surface area (Å²) in [7, 11) is 0. The van der Waals surface area contributed by atoms with Crippen molar-refractivity contribution < 1.29 is 0 Å². The molecular formula is C18H19N7OS2. The van der Waals surface area contributed by atoms with Crippen molar-refractivity contribution >= 4 is 39.3 Å². The number of thioether (sulfide) groups is 1. The Labute approximate surface area is 169 Å². The van der Waals surface area contributed by atoms with Crippen molar-refractivity contribution in [3.8, 4) is 0 Å². The van der Waals surface area contributed by atoms with Crippen LogP contribution in [0.2, 0.25) is 0 Å². The molecule has 28 heavy (non-hydrogen) atoms. The predicted molar refractivity (Wildman–Crippen MR) is 113 cm³/mol. The number of anilines is 1. The Kier molecular flexibility index (Phi) is 5.68. The second-order valence-corrected chi connectivity index (χ2v) is 8.38. The van der Waals surface area contributed by atoms with Gasteiger partial charge >= 0.3 is 0 Å². The van der Waals surface area contributed by atoms with E-state index in [0.29, 0.717) is 24.6 Å². The molecule has 8 nitrogen and oxygen atoms in total. The standard InChI is InChI=1S/C18H19N7OS2/c1-11-14(21-10-20-11)9-27-7-6-19-18-23-17(26)13(24-25-18)8-16-22-12-4-2-3-5-15(12)28-16/h2-5,10H,6-9H2,1H3,(H,20,21)(H2,19,23,25,26). The van der Waals surface area contributed by atoms with Crippen LogP contribution in [0.15, 0.2) is 35.4 Å². The minimum atomic E-state index is -0.239. The number of H-pyrrole nitrogens is 2. The first-order valence-electron chi connectivity index (χ1n) is 8.80. The number of fused-ring (bicyclic) bond motifs is 1. The highest BCUT2D eigenvalue weighted by Gasteiger charge is 2.10.